The van der Waals surface area contributed by atoms with E-state index in [0.29, 0.717) is 22.6 Å². The molecule has 5 aromatic carbocycles. The number of carbonyl (C=O) groups excluding carboxylic acids is 2. The quantitative estimate of drug-likeness (QED) is 0.113. The summed E-state index contributed by atoms with van der Waals surface area (Å²) in [4.78, 5) is 25.5. The molecule has 0 atom stereocenters. The summed E-state index contributed by atoms with van der Waals surface area (Å²) < 4.78 is 33.2. The molecule has 0 saturated carbocycles. The van der Waals surface area contributed by atoms with Crippen LogP contribution in [0.4, 0.5) is 5.69 Å². The zero-order valence-corrected chi connectivity index (χ0v) is 21.8. The van der Waals surface area contributed by atoms with Gasteiger partial charge in [0.25, 0.3) is 15.9 Å². The van der Waals surface area contributed by atoms with E-state index in [2.05, 4.69) is 15.2 Å². The molecule has 1 amide bonds. The predicted molar refractivity (Wildman–Crippen MR) is 154 cm³/mol. The topological polar surface area (TPSA) is 114 Å². The maximum absolute atomic E-state index is 12.7. The molecule has 0 radical (unpaired) electrons. The van der Waals surface area contributed by atoms with E-state index < -0.39 is 21.9 Å². The van der Waals surface area contributed by atoms with Crippen LogP contribution in [0.1, 0.15) is 26.3 Å². The standard InChI is InChI=1S/C31H23N3O5S/c35-30(23-15-18-25(19-16-23)34-40(37,38)26-12-5-2-6-13-26)33-32-21-28-27-14-8-7-9-22(27)17-20-29(28)39-31(36)24-10-3-1-4-11-24/h1-21,34H,(H,33,35)/b32-21+. The number of hydrogen-bond acceptors (Lipinski definition) is 6. The number of esters is 1. The highest BCUT2D eigenvalue weighted by Gasteiger charge is 2.15. The Hall–Kier alpha value is -5.28. The van der Waals surface area contributed by atoms with E-state index in [1.807, 2.05) is 36.4 Å². The molecule has 0 aliphatic rings. The Balaban J connectivity index is 1.31. The van der Waals surface area contributed by atoms with Crippen molar-refractivity contribution in [3.05, 3.63) is 138 Å². The summed E-state index contributed by atoms with van der Waals surface area (Å²) in [5, 5.41) is 5.79. The smallest absolute Gasteiger partial charge is 0.343 e. The molecular formula is C31H23N3O5S. The molecule has 0 fully saturated rings. The third-order valence-corrected chi connectivity index (χ3v) is 7.35. The van der Waals surface area contributed by atoms with Gasteiger partial charge in [0.05, 0.1) is 16.7 Å². The van der Waals surface area contributed by atoms with Crippen LogP contribution >= 0.6 is 0 Å². The molecule has 5 aromatic rings. The maximum atomic E-state index is 12.7. The SMILES string of the molecule is O=C(N/N=C/c1c(OC(=O)c2ccccc2)ccc2ccccc12)c1ccc(NS(=O)(=O)c2ccccc2)cc1. The zero-order valence-electron chi connectivity index (χ0n) is 21.0. The minimum Gasteiger partial charge on any atom is -0.422 e. The number of nitrogens with zero attached hydrogens (tertiary/aromatic N) is 1. The fourth-order valence-corrected chi connectivity index (χ4v) is 5.03. The largest absolute Gasteiger partial charge is 0.422 e. The Morgan fingerprint density at radius 3 is 2.08 bits per heavy atom. The van der Waals surface area contributed by atoms with Crippen molar-refractivity contribution in [3.63, 3.8) is 0 Å². The highest BCUT2D eigenvalue weighted by Crippen LogP contribution is 2.27. The van der Waals surface area contributed by atoms with Crippen molar-refractivity contribution in [1.29, 1.82) is 0 Å². The van der Waals surface area contributed by atoms with Gasteiger partial charge in [-0.25, -0.2) is 18.6 Å². The Bertz CT molecular complexity index is 1810. The summed E-state index contributed by atoms with van der Waals surface area (Å²) in [6.45, 7) is 0. The fourth-order valence-electron chi connectivity index (χ4n) is 3.95. The van der Waals surface area contributed by atoms with Crippen LogP contribution in [0.2, 0.25) is 0 Å². The molecule has 0 saturated heterocycles. The maximum Gasteiger partial charge on any atom is 0.343 e. The van der Waals surface area contributed by atoms with E-state index in [4.69, 9.17) is 4.74 Å². The first kappa shape index (κ1) is 26.3. The van der Waals surface area contributed by atoms with Crippen LogP contribution < -0.4 is 14.9 Å². The molecule has 0 aliphatic carbocycles. The van der Waals surface area contributed by atoms with Gasteiger partial charge < -0.3 is 4.74 Å². The number of amides is 1. The van der Waals surface area contributed by atoms with Gasteiger partial charge in [-0.05, 0) is 65.4 Å². The van der Waals surface area contributed by atoms with Crippen molar-refractivity contribution in [2.45, 2.75) is 4.90 Å². The molecular weight excluding hydrogens is 526 g/mol. The Labute approximate surface area is 231 Å². The molecule has 5 rings (SSSR count). The lowest BCUT2D eigenvalue weighted by molar-refractivity contribution is 0.0734. The number of anilines is 1. The summed E-state index contributed by atoms with van der Waals surface area (Å²) in [6, 6.07) is 33.6. The van der Waals surface area contributed by atoms with Gasteiger partial charge in [0.1, 0.15) is 5.75 Å². The lowest BCUT2D eigenvalue weighted by Gasteiger charge is -2.11. The van der Waals surface area contributed by atoms with Crippen LogP contribution in [0.25, 0.3) is 10.8 Å². The number of hydrogen-bond donors (Lipinski definition) is 2. The van der Waals surface area contributed by atoms with Crippen molar-refractivity contribution in [2.75, 3.05) is 4.72 Å². The lowest BCUT2D eigenvalue weighted by Crippen LogP contribution is -2.18. The number of benzene rings is 5. The van der Waals surface area contributed by atoms with Gasteiger partial charge >= 0.3 is 5.97 Å². The number of fused-ring (bicyclic) bond motifs is 1. The van der Waals surface area contributed by atoms with Crippen LogP contribution in [-0.4, -0.2) is 26.5 Å². The molecule has 9 heteroatoms. The molecule has 0 bridgehead atoms. The van der Waals surface area contributed by atoms with Crippen LogP contribution in [-0.2, 0) is 10.0 Å². The molecule has 0 heterocycles. The second kappa shape index (κ2) is 11.6. The normalized spacial score (nSPS) is 11.3. The second-order valence-corrected chi connectivity index (χ2v) is 10.3. The first-order valence-corrected chi connectivity index (χ1v) is 13.7. The summed E-state index contributed by atoms with van der Waals surface area (Å²) in [5.41, 5.74) is 3.98. The van der Waals surface area contributed by atoms with Gasteiger partial charge in [-0.1, -0.05) is 66.7 Å². The van der Waals surface area contributed by atoms with Crippen molar-refractivity contribution >= 4 is 44.6 Å². The number of rotatable bonds is 8. The third-order valence-electron chi connectivity index (χ3n) is 5.96. The molecule has 8 nitrogen and oxygen atoms in total. The van der Waals surface area contributed by atoms with E-state index in [9.17, 15) is 18.0 Å². The number of nitrogens with one attached hydrogen (secondary N) is 2. The van der Waals surface area contributed by atoms with Gasteiger partial charge in [0.2, 0.25) is 0 Å². The van der Waals surface area contributed by atoms with E-state index in [1.165, 1.54) is 42.6 Å². The van der Waals surface area contributed by atoms with Crippen molar-refractivity contribution in [1.82, 2.24) is 5.43 Å². The minimum atomic E-state index is -3.75. The Morgan fingerprint density at radius 1 is 0.700 bits per heavy atom. The predicted octanol–water partition coefficient (Wildman–Crippen LogP) is 5.62. The lowest BCUT2D eigenvalue weighted by atomic mass is 10.0. The highest BCUT2D eigenvalue weighted by molar-refractivity contribution is 7.92. The molecule has 2 N–H and O–H groups in total. The number of ether oxygens (including phenoxy) is 1. The van der Waals surface area contributed by atoms with E-state index >= 15 is 0 Å². The third kappa shape index (κ3) is 6.06. The molecule has 0 unspecified atom stereocenters. The van der Waals surface area contributed by atoms with Crippen LogP contribution in [0.3, 0.4) is 0 Å². The van der Waals surface area contributed by atoms with Gasteiger partial charge in [-0.2, -0.15) is 5.10 Å². The highest BCUT2D eigenvalue weighted by atomic mass is 32.2. The van der Waals surface area contributed by atoms with Gasteiger partial charge in [-0.15, -0.1) is 0 Å². The van der Waals surface area contributed by atoms with Crippen LogP contribution in [0.15, 0.2) is 131 Å². The van der Waals surface area contributed by atoms with E-state index in [-0.39, 0.29) is 10.5 Å². The number of hydrazone groups is 1. The Morgan fingerprint density at radius 2 is 1.35 bits per heavy atom. The second-order valence-electron chi connectivity index (χ2n) is 8.65. The van der Waals surface area contributed by atoms with Gasteiger partial charge in [-0.3, -0.25) is 9.52 Å². The van der Waals surface area contributed by atoms with E-state index in [0.717, 1.165) is 10.8 Å². The summed E-state index contributed by atoms with van der Waals surface area (Å²) >= 11 is 0. The summed E-state index contributed by atoms with van der Waals surface area (Å²) in [6.07, 6.45) is 1.43. The first-order chi connectivity index (χ1) is 19.4. The average molecular weight is 550 g/mol. The van der Waals surface area contributed by atoms with Crippen molar-refractivity contribution < 1.29 is 22.7 Å². The number of sulfonamides is 1. The average Bonchev–Trinajstić information content (AvgIpc) is 2.99. The molecule has 0 spiro atoms. The van der Waals surface area contributed by atoms with Crippen LogP contribution in [0.5, 0.6) is 5.75 Å². The minimum absolute atomic E-state index is 0.133. The molecule has 198 valence electrons. The Kier molecular flexibility index (Phi) is 7.65. The molecule has 40 heavy (non-hydrogen) atoms. The fraction of sp³-hybridized carbons (Fsp3) is 0. The number of carbonyl (C=O) groups is 2. The van der Waals surface area contributed by atoms with E-state index in [1.54, 1.807) is 48.5 Å². The monoisotopic (exact) mass is 549 g/mol. The van der Waals surface area contributed by atoms with Crippen LogP contribution in [0, 0.1) is 0 Å². The van der Waals surface area contributed by atoms with Crippen molar-refractivity contribution in [2.24, 2.45) is 5.10 Å². The van der Waals surface area contributed by atoms with Gasteiger partial charge in [0.15, 0.2) is 0 Å². The molecule has 0 aromatic heterocycles. The zero-order chi connectivity index (χ0) is 28.0. The summed E-state index contributed by atoms with van der Waals surface area (Å²) in [7, 11) is -3.75. The van der Waals surface area contributed by atoms with Gasteiger partial charge in [0, 0.05) is 16.8 Å². The van der Waals surface area contributed by atoms with Crippen molar-refractivity contribution in [3.8, 4) is 5.75 Å². The molecule has 0 aliphatic heterocycles. The summed E-state index contributed by atoms with van der Waals surface area (Å²) in [5.74, 6) is -0.727. The first-order valence-electron chi connectivity index (χ1n) is 12.2.